The quantitative estimate of drug-likeness (QED) is 0.852. The van der Waals surface area contributed by atoms with Crippen molar-refractivity contribution in [1.29, 1.82) is 0 Å². The zero-order valence-electron chi connectivity index (χ0n) is 16.5. The number of ether oxygens (including phenoxy) is 1. The molecule has 28 heavy (non-hydrogen) atoms. The number of benzene rings is 2. The van der Waals surface area contributed by atoms with E-state index in [2.05, 4.69) is 59.1 Å². The molecule has 2 atom stereocenters. The van der Waals surface area contributed by atoms with Crippen molar-refractivity contribution in [2.24, 2.45) is 0 Å². The highest BCUT2D eigenvalue weighted by Gasteiger charge is 2.34. The molecule has 148 valence electrons. The summed E-state index contributed by atoms with van der Waals surface area (Å²) in [5, 5.41) is 0. The summed E-state index contributed by atoms with van der Waals surface area (Å²) in [6.45, 7) is 5.28. The van der Waals surface area contributed by atoms with Crippen molar-refractivity contribution in [1.82, 2.24) is 15.8 Å². The highest BCUT2D eigenvalue weighted by Crippen LogP contribution is 2.25. The first-order valence-electron chi connectivity index (χ1n) is 9.89. The molecule has 6 heteroatoms. The zero-order chi connectivity index (χ0) is 19.5. The largest absolute Gasteiger partial charge is 0.497 e. The molecule has 2 N–H and O–H groups in total. The molecule has 2 fully saturated rings. The smallest absolute Gasteiger partial charge is 0.241 e. The molecule has 0 radical (unpaired) electrons. The molecule has 0 aliphatic carbocycles. The van der Waals surface area contributed by atoms with Crippen molar-refractivity contribution >= 4 is 11.6 Å². The third kappa shape index (κ3) is 3.98. The number of hydrogen-bond donors (Lipinski definition) is 2. The van der Waals surface area contributed by atoms with Crippen LogP contribution in [0.15, 0.2) is 48.5 Å². The molecule has 2 aliphatic heterocycles. The second-order valence-corrected chi connectivity index (χ2v) is 7.55. The summed E-state index contributed by atoms with van der Waals surface area (Å²) in [6.07, 6.45) is 0.778. The summed E-state index contributed by atoms with van der Waals surface area (Å²) < 4.78 is 5.22. The Morgan fingerprint density at radius 1 is 0.964 bits per heavy atom. The van der Waals surface area contributed by atoms with Crippen molar-refractivity contribution in [3.05, 3.63) is 59.7 Å². The van der Waals surface area contributed by atoms with Gasteiger partial charge in [-0.25, -0.2) is 10.9 Å². The lowest BCUT2D eigenvalue weighted by atomic mass is 10.0. The minimum Gasteiger partial charge on any atom is -0.497 e. The lowest BCUT2D eigenvalue weighted by Gasteiger charge is -2.37. The van der Waals surface area contributed by atoms with Crippen LogP contribution in [0.2, 0.25) is 0 Å². The number of carbonyl (C=O) groups is 1. The number of nitrogens with one attached hydrogen (secondary N) is 2. The molecule has 6 nitrogen and oxygen atoms in total. The van der Waals surface area contributed by atoms with Crippen LogP contribution in [-0.2, 0) is 4.79 Å². The molecule has 0 saturated carbocycles. The Bertz CT molecular complexity index is 798. The van der Waals surface area contributed by atoms with Crippen LogP contribution < -0.4 is 20.5 Å². The van der Waals surface area contributed by atoms with E-state index in [4.69, 9.17) is 4.74 Å². The summed E-state index contributed by atoms with van der Waals surface area (Å²) in [6, 6.07) is 16.6. The Morgan fingerprint density at radius 2 is 1.64 bits per heavy atom. The molecule has 2 unspecified atom stereocenters. The van der Waals surface area contributed by atoms with Gasteiger partial charge in [-0.15, -0.1) is 0 Å². The zero-order valence-corrected chi connectivity index (χ0v) is 16.5. The van der Waals surface area contributed by atoms with Crippen molar-refractivity contribution in [3.8, 4) is 5.75 Å². The second-order valence-electron chi connectivity index (χ2n) is 7.55. The number of aryl methyl sites for hydroxylation is 1. The number of amides is 1. The summed E-state index contributed by atoms with van der Waals surface area (Å²) >= 11 is 0. The lowest BCUT2D eigenvalue weighted by molar-refractivity contribution is -0.133. The first-order chi connectivity index (χ1) is 13.6. The SMILES string of the molecule is COc1ccc(N2CCN(C(=O)C3CC(c4ccc(C)cc4)NN3)CC2)cc1. The molecule has 2 saturated heterocycles. The number of hydrogen-bond acceptors (Lipinski definition) is 5. The van der Waals surface area contributed by atoms with Gasteiger partial charge in [0.25, 0.3) is 0 Å². The number of hydrazine groups is 1. The topological polar surface area (TPSA) is 56.8 Å². The molecule has 0 aromatic heterocycles. The first kappa shape index (κ1) is 18.8. The number of anilines is 1. The highest BCUT2D eigenvalue weighted by molar-refractivity contribution is 5.82. The predicted octanol–water partition coefficient (Wildman–Crippen LogP) is 2.26. The summed E-state index contributed by atoms with van der Waals surface area (Å²) in [7, 11) is 1.68. The Morgan fingerprint density at radius 3 is 2.29 bits per heavy atom. The van der Waals surface area contributed by atoms with Crippen molar-refractivity contribution in [2.45, 2.75) is 25.4 Å². The van der Waals surface area contributed by atoms with E-state index in [0.29, 0.717) is 0 Å². The molecule has 0 spiro atoms. The van der Waals surface area contributed by atoms with Gasteiger partial charge in [0.2, 0.25) is 5.91 Å². The van der Waals surface area contributed by atoms with E-state index in [0.717, 1.165) is 38.3 Å². The number of piperazine rings is 1. The monoisotopic (exact) mass is 380 g/mol. The van der Waals surface area contributed by atoms with Gasteiger partial charge in [0.1, 0.15) is 11.8 Å². The minimum absolute atomic E-state index is 0.168. The van der Waals surface area contributed by atoms with Gasteiger partial charge in [0, 0.05) is 37.9 Å². The average Bonchev–Trinajstić information content (AvgIpc) is 3.24. The predicted molar refractivity (Wildman–Crippen MR) is 110 cm³/mol. The van der Waals surface area contributed by atoms with Crippen LogP contribution >= 0.6 is 0 Å². The molecule has 2 aromatic carbocycles. The fraction of sp³-hybridized carbons (Fsp3) is 0.409. The van der Waals surface area contributed by atoms with E-state index >= 15 is 0 Å². The molecule has 4 rings (SSSR count). The van der Waals surface area contributed by atoms with Gasteiger partial charge in [0.05, 0.1) is 7.11 Å². The van der Waals surface area contributed by atoms with Crippen LogP contribution in [-0.4, -0.2) is 50.1 Å². The van der Waals surface area contributed by atoms with Crippen LogP contribution in [0.4, 0.5) is 5.69 Å². The van der Waals surface area contributed by atoms with Crippen molar-refractivity contribution < 1.29 is 9.53 Å². The van der Waals surface area contributed by atoms with E-state index < -0.39 is 0 Å². The van der Waals surface area contributed by atoms with Gasteiger partial charge in [0.15, 0.2) is 0 Å². The number of methoxy groups -OCH3 is 1. The van der Waals surface area contributed by atoms with Crippen molar-refractivity contribution in [3.63, 3.8) is 0 Å². The second kappa shape index (κ2) is 8.20. The third-order valence-corrected chi connectivity index (χ3v) is 5.71. The summed E-state index contributed by atoms with van der Waals surface area (Å²) in [5.41, 5.74) is 10.1. The Balaban J connectivity index is 1.31. The van der Waals surface area contributed by atoms with E-state index in [1.807, 2.05) is 17.0 Å². The molecule has 2 heterocycles. The maximum Gasteiger partial charge on any atom is 0.241 e. The average molecular weight is 380 g/mol. The fourth-order valence-electron chi connectivity index (χ4n) is 3.93. The number of carbonyl (C=O) groups excluding carboxylic acids is 1. The maximum absolute atomic E-state index is 12.9. The van der Waals surface area contributed by atoms with Gasteiger partial charge in [-0.1, -0.05) is 29.8 Å². The van der Waals surface area contributed by atoms with Gasteiger partial charge in [-0.2, -0.15) is 0 Å². The minimum atomic E-state index is -0.168. The Kier molecular flexibility index (Phi) is 5.50. The maximum atomic E-state index is 12.9. The number of nitrogens with zero attached hydrogens (tertiary/aromatic N) is 2. The van der Waals surface area contributed by atoms with Gasteiger partial charge in [-0.05, 0) is 43.2 Å². The Labute approximate surface area is 166 Å². The number of rotatable bonds is 4. The highest BCUT2D eigenvalue weighted by atomic mass is 16.5. The van der Waals surface area contributed by atoms with Gasteiger partial charge >= 0.3 is 0 Å². The molecular weight excluding hydrogens is 352 g/mol. The van der Waals surface area contributed by atoms with E-state index in [1.165, 1.54) is 16.8 Å². The molecule has 2 aromatic rings. The van der Waals surface area contributed by atoms with Crippen LogP contribution in [0.1, 0.15) is 23.6 Å². The Hall–Kier alpha value is -2.57. The van der Waals surface area contributed by atoms with Gasteiger partial charge < -0.3 is 14.5 Å². The van der Waals surface area contributed by atoms with E-state index in [1.54, 1.807) is 7.11 Å². The molecule has 0 bridgehead atoms. The van der Waals surface area contributed by atoms with Crippen LogP contribution in [0.25, 0.3) is 0 Å². The summed E-state index contributed by atoms with van der Waals surface area (Å²) in [5.74, 6) is 1.05. The van der Waals surface area contributed by atoms with E-state index in [9.17, 15) is 4.79 Å². The van der Waals surface area contributed by atoms with Crippen LogP contribution in [0, 0.1) is 6.92 Å². The molecule has 2 aliphatic rings. The van der Waals surface area contributed by atoms with Crippen LogP contribution in [0.3, 0.4) is 0 Å². The summed E-state index contributed by atoms with van der Waals surface area (Å²) in [4.78, 5) is 17.2. The van der Waals surface area contributed by atoms with Crippen LogP contribution in [0.5, 0.6) is 5.75 Å². The molecule has 1 amide bonds. The third-order valence-electron chi connectivity index (χ3n) is 5.71. The fourth-order valence-corrected chi connectivity index (χ4v) is 3.93. The lowest BCUT2D eigenvalue weighted by Crippen LogP contribution is -2.53. The van der Waals surface area contributed by atoms with Crippen molar-refractivity contribution in [2.75, 3.05) is 38.2 Å². The normalized spacial score (nSPS) is 22.4. The van der Waals surface area contributed by atoms with Gasteiger partial charge in [-0.3, -0.25) is 4.79 Å². The standard InChI is InChI=1S/C22H28N4O2/c1-16-3-5-17(6-4-16)20-15-21(24-23-20)22(27)26-13-11-25(12-14-26)18-7-9-19(28-2)10-8-18/h3-10,20-21,23-24H,11-15H2,1-2H3. The first-order valence-corrected chi connectivity index (χ1v) is 9.89. The van der Waals surface area contributed by atoms with E-state index in [-0.39, 0.29) is 18.0 Å². The molecular formula is C22H28N4O2.